The fourth-order valence-corrected chi connectivity index (χ4v) is 5.50. The molecule has 0 heterocycles. The van der Waals surface area contributed by atoms with Crippen molar-refractivity contribution in [3.63, 3.8) is 0 Å². The molecule has 56 heavy (non-hydrogen) atoms. The van der Waals surface area contributed by atoms with Crippen LogP contribution < -0.4 is 26.6 Å². The number of hydrogen-bond acceptors (Lipinski definition) is 9. The lowest BCUT2D eigenvalue weighted by Gasteiger charge is -2.30. The Kier molecular flexibility index (Phi) is 17.6. The SMILES string of the molecule is COCCN(CC(=O)N(CC(=O)N(CC(=O)NC(C(=O)NC(Cc1ccccc1)C(=O)NC(C)C(N)=O)C(C)O)c1ccccc1)Cc1ccccc1)C(C)=O. The molecule has 3 aromatic carbocycles. The van der Waals surface area contributed by atoms with E-state index in [0.29, 0.717) is 11.3 Å². The van der Waals surface area contributed by atoms with Crippen molar-refractivity contribution in [2.45, 2.75) is 58.0 Å². The molecular weight excluding hydrogens is 722 g/mol. The molecule has 0 aliphatic carbocycles. The summed E-state index contributed by atoms with van der Waals surface area (Å²) in [6.07, 6.45) is -1.44. The summed E-state index contributed by atoms with van der Waals surface area (Å²) in [4.78, 5) is 96.0. The van der Waals surface area contributed by atoms with Gasteiger partial charge in [-0.05, 0) is 37.1 Å². The van der Waals surface area contributed by atoms with E-state index in [2.05, 4.69) is 16.0 Å². The Bertz CT molecular complexity index is 1780. The van der Waals surface area contributed by atoms with E-state index in [1.807, 2.05) is 6.07 Å². The number of nitrogens with two attached hydrogens (primary N) is 1. The first-order chi connectivity index (χ1) is 26.7. The molecule has 16 heteroatoms. The number of nitrogens with zero attached hydrogens (tertiary/aromatic N) is 3. The molecule has 4 unspecified atom stereocenters. The molecule has 0 aliphatic heterocycles. The van der Waals surface area contributed by atoms with Gasteiger partial charge in [-0.3, -0.25) is 33.6 Å². The molecule has 3 aromatic rings. The number of ether oxygens (including phenoxy) is 1. The Morgan fingerprint density at radius 1 is 0.714 bits per heavy atom. The minimum absolute atomic E-state index is 0.00934. The zero-order valence-corrected chi connectivity index (χ0v) is 32.1. The normalized spacial score (nSPS) is 12.9. The predicted molar refractivity (Wildman–Crippen MR) is 207 cm³/mol. The van der Waals surface area contributed by atoms with Gasteiger partial charge in [-0.1, -0.05) is 78.9 Å². The van der Waals surface area contributed by atoms with Crippen LogP contribution in [0.15, 0.2) is 91.0 Å². The summed E-state index contributed by atoms with van der Waals surface area (Å²) in [5, 5.41) is 18.1. The maximum Gasteiger partial charge on any atom is 0.247 e. The van der Waals surface area contributed by atoms with E-state index < -0.39 is 72.8 Å². The van der Waals surface area contributed by atoms with Gasteiger partial charge in [0.1, 0.15) is 31.2 Å². The van der Waals surface area contributed by atoms with Crippen LogP contribution in [-0.2, 0) is 51.3 Å². The second kappa shape index (κ2) is 22.3. The van der Waals surface area contributed by atoms with Crippen LogP contribution >= 0.6 is 0 Å². The van der Waals surface area contributed by atoms with Crippen LogP contribution in [0.2, 0.25) is 0 Å². The summed E-state index contributed by atoms with van der Waals surface area (Å²) in [6, 6.07) is 22.1. The van der Waals surface area contributed by atoms with Crippen molar-refractivity contribution in [3.8, 4) is 0 Å². The quantitative estimate of drug-likeness (QED) is 0.0992. The molecule has 0 aromatic heterocycles. The van der Waals surface area contributed by atoms with E-state index in [0.717, 1.165) is 10.5 Å². The van der Waals surface area contributed by atoms with Crippen LogP contribution in [0.3, 0.4) is 0 Å². The van der Waals surface area contributed by atoms with Crippen LogP contribution in [-0.4, -0.2) is 120 Å². The first-order valence-corrected chi connectivity index (χ1v) is 18.0. The molecule has 0 radical (unpaired) electrons. The Hall–Kier alpha value is -6.13. The summed E-state index contributed by atoms with van der Waals surface area (Å²) in [5.41, 5.74) is 7.03. The Balaban J connectivity index is 1.85. The van der Waals surface area contributed by atoms with Crippen LogP contribution in [0.25, 0.3) is 0 Å². The van der Waals surface area contributed by atoms with E-state index in [4.69, 9.17) is 10.5 Å². The topological polar surface area (TPSA) is 221 Å². The third-order valence-corrected chi connectivity index (χ3v) is 8.69. The van der Waals surface area contributed by atoms with Gasteiger partial charge in [-0.25, -0.2) is 0 Å². The number of benzene rings is 3. The van der Waals surface area contributed by atoms with Crippen molar-refractivity contribution < 1.29 is 43.4 Å². The highest BCUT2D eigenvalue weighted by atomic mass is 16.5. The van der Waals surface area contributed by atoms with Crippen LogP contribution in [0.1, 0.15) is 31.9 Å². The van der Waals surface area contributed by atoms with Gasteiger partial charge in [0, 0.05) is 39.2 Å². The van der Waals surface area contributed by atoms with Gasteiger partial charge >= 0.3 is 0 Å². The minimum atomic E-state index is -1.57. The third kappa shape index (κ3) is 14.3. The first kappa shape index (κ1) is 44.3. The molecule has 0 aliphatic rings. The number of carbonyl (C=O) groups excluding carboxylic acids is 7. The van der Waals surface area contributed by atoms with Gasteiger partial charge in [0.05, 0.1) is 19.3 Å². The molecule has 300 valence electrons. The van der Waals surface area contributed by atoms with E-state index in [1.54, 1.807) is 84.9 Å². The number of rotatable bonds is 21. The number of hydrogen-bond donors (Lipinski definition) is 5. The van der Waals surface area contributed by atoms with E-state index >= 15 is 0 Å². The van der Waals surface area contributed by atoms with Crippen LogP contribution in [0.5, 0.6) is 0 Å². The van der Waals surface area contributed by atoms with Gasteiger partial charge < -0.3 is 46.2 Å². The van der Waals surface area contributed by atoms with Gasteiger partial charge in [0.25, 0.3) is 0 Å². The lowest BCUT2D eigenvalue weighted by molar-refractivity contribution is -0.141. The van der Waals surface area contributed by atoms with E-state index in [9.17, 15) is 38.7 Å². The summed E-state index contributed by atoms with van der Waals surface area (Å²) in [7, 11) is 1.47. The first-order valence-electron chi connectivity index (χ1n) is 18.0. The number of aliphatic hydroxyl groups excluding tert-OH is 1. The highest BCUT2D eigenvalue weighted by molar-refractivity contribution is 6.02. The van der Waals surface area contributed by atoms with Crippen molar-refractivity contribution in [3.05, 3.63) is 102 Å². The minimum Gasteiger partial charge on any atom is -0.391 e. The third-order valence-electron chi connectivity index (χ3n) is 8.69. The standard InChI is InChI=1S/C40H51N7O9/c1-27(38(41)53)42-39(54)33(22-30-14-8-5-9-15-30)43-40(55)37(28(2)48)44-34(50)24-47(32-18-12-7-13-19-32)36(52)26-46(23-31-16-10-6-11-17-31)35(51)25-45(29(3)49)20-21-56-4/h5-19,27-28,33,37,48H,20-26H2,1-4H3,(H2,41,53)(H,42,54)(H,43,55)(H,44,50). The van der Waals surface area contributed by atoms with Gasteiger partial charge in [-0.2, -0.15) is 0 Å². The molecule has 0 saturated carbocycles. The zero-order valence-electron chi connectivity index (χ0n) is 32.1. The fourth-order valence-electron chi connectivity index (χ4n) is 5.50. The average Bonchev–Trinajstić information content (AvgIpc) is 3.17. The Morgan fingerprint density at radius 3 is 1.80 bits per heavy atom. The van der Waals surface area contributed by atoms with Crippen LogP contribution in [0, 0.1) is 0 Å². The second-order valence-electron chi connectivity index (χ2n) is 13.2. The Labute approximate surface area is 326 Å². The number of primary amides is 1. The molecule has 0 bridgehead atoms. The monoisotopic (exact) mass is 773 g/mol. The fraction of sp³-hybridized carbons (Fsp3) is 0.375. The summed E-state index contributed by atoms with van der Waals surface area (Å²) in [6.45, 7) is 2.95. The molecule has 4 atom stereocenters. The van der Waals surface area contributed by atoms with Gasteiger partial charge in [-0.15, -0.1) is 0 Å². The van der Waals surface area contributed by atoms with Crippen molar-refractivity contribution in [1.29, 1.82) is 0 Å². The van der Waals surface area contributed by atoms with Gasteiger partial charge in [0.2, 0.25) is 41.4 Å². The number of anilines is 1. The highest BCUT2D eigenvalue weighted by Crippen LogP contribution is 2.16. The van der Waals surface area contributed by atoms with Gasteiger partial charge in [0.15, 0.2) is 0 Å². The second-order valence-corrected chi connectivity index (χ2v) is 13.2. The Morgan fingerprint density at radius 2 is 1.27 bits per heavy atom. The number of para-hydroxylation sites is 1. The lowest BCUT2D eigenvalue weighted by atomic mass is 10.0. The molecule has 0 saturated heterocycles. The van der Waals surface area contributed by atoms with Crippen molar-refractivity contribution in [2.75, 3.05) is 44.8 Å². The van der Waals surface area contributed by atoms with E-state index in [1.165, 1.54) is 37.7 Å². The largest absolute Gasteiger partial charge is 0.391 e. The molecule has 7 amide bonds. The maximum absolute atomic E-state index is 14.1. The van der Waals surface area contributed by atoms with Crippen LogP contribution in [0.4, 0.5) is 5.69 Å². The smallest absolute Gasteiger partial charge is 0.247 e. The molecular formula is C40H51N7O9. The summed E-state index contributed by atoms with van der Waals surface area (Å²) in [5.74, 6) is -4.77. The summed E-state index contributed by atoms with van der Waals surface area (Å²) >= 11 is 0. The molecule has 6 N–H and O–H groups in total. The predicted octanol–water partition coefficient (Wildman–Crippen LogP) is 0.126. The van der Waals surface area contributed by atoms with Crippen molar-refractivity contribution in [2.24, 2.45) is 5.73 Å². The number of methoxy groups -OCH3 is 1. The van der Waals surface area contributed by atoms with Crippen molar-refractivity contribution in [1.82, 2.24) is 25.8 Å². The number of carbonyl (C=O) groups is 7. The lowest BCUT2D eigenvalue weighted by Crippen LogP contribution is -2.59. The number of amides is 7. The molecule has 0 spiro atoms. The molecule has 3 rings (SSSR count). The number of nitrogens with one attached hydrogen (secondary N) is 3. The number of aliphatic hydroxyl groups is 1. The van der Waals surface area contributed by atoms with Crippen molar-refractivity contribution >= 4 is 47.0 Å². The highest BCUT2D eigenvalue weighted by Gasteiger charge is 2.32. The summed E-state index contributed by atoms with van der Waals surface area (Å²) < 4.78 is 5.08. The van der Waals surface area contributed by atoms with E-state index in [-0.39, 0.29) is 38.6 Å². The molecule has 16 nitrogen and oxygen atoms in total. The molecule has 0 fully saturated rings. The zero-order chi connectivity index (χ0) is 41.2. The average molecular weight is 774 g/mol. The maximum atomic E-state index is 14.1.